The molecule has 0 radical (unpaired) electrons. The fraction of sp³-hybridized carbons (Fsp3) is 0.125. The van der Waals surface area contributed by atoms with E-state index in [0.717, 1.165) is 17.0 Å². The molecule has 0 aliphatic heterocycles. The van der Waals surface area contributed by atoms with E-state index in [2.05, 4.69) is 48.3 Å². The summed E-state index contributed by atoms with van der Waals surface area (Å²) in [6, 6.07) is 14.8. The topological polar surface area (TPSA) is 15.8 Å². The van der Waals surface area contributed by atoms with Crippen LogP contribution < -0.4 is 0 Å². The van der Waals surface area contributed by atoms with Gasteiger partial charge in [0.1, 0.15) is 0 Å². The van der Waals surface area contributed by atoms with E-state index in [1.807, 2.05) is 12.3 Å². The quantitative estimate of drug-likeness (QED) is 0.659. The van der Waals surface area contributed by atoms with Crippen LogP contribution in [-0.4, -0.2) is 4.98 Å². The van der Waals surface area contributed by atoms with E-state index in [0.29, 0.717) is 0 Å². The van der Waals surface area contributed by atoms with Gasteiger partial charge in [0.2, 0.25) is 0 Å². The highest BCUT2D eigenvalue weighted by Crippen LogP contribution is 2.28. The first-order chi connectivity index (χ1) is 8.78. The van der Waals surface area contributed by atoms with Crippen LogP contribution in [0.1, 0.15) is 12.5 Å². The van der Waals surface area contributed by atoms with Crippen LogP contribution in [0.25, 0.3) is 22.0 Å². The molecular weight excluding hydrogens is 242 g/mol. The second-order valence-electron chi connectivity index (χ2n) is 4.44. The summed E-state index contributed by atoms with van der Waals surface area (Å²) in [5.41, 5.74) is 4.73. The van der Waals surface area contributed by atoms with Crippen LogP contribution in [0.5, 0.6) is 0 Å². The second-order valence-corrected chi connectivity index (χ2v) is 4.85. The van der Waals surface area contributed by atoms with Crippen LogP contribution in [0.2, 0.25) is 5.02 Å². The number of benzene rings is 2. The summed E-state index contributed by atoms with van der Waals surface area (Å²) >= 11 is 6.27. The van der Waals surface area contributed by atoms with Gasteiger partial charge in [-0.1, -0.05) is 36.7 Å². The SMILES string of the molecule is CCc1ccc(-c2ccc3[nH]ccc3c2)cc1Cl. The molecule has 0 bridgehead atoms. The van der Waals surface area contributed by atoms with Crippen LogP contribution in [0.4, 0.5) is 0 Å². The van der Waals surface area contributed by atoms with Crippen molar-refractivity contribution >= 4 is 22.5 Å². The minimum Gasteiger partial charge on any atom is -0.361 e. The van der Waals surface area contributed by atoms with Crippen molar-refractivity contribution in [3.8, 4) is 11.1 Å². The van der Waals surface area contributed by atoms with Gasteiger partial charge in [0.05, 0.1) is 0 Å². The lowest BCUT2D eigenvalue weighted by atomic mass is 10.0. The molecule has 1 nitrogen and oxygen atoms in total. The van der Waals surface area contributed by atoms with Crippen molar-refractivity contribution in [2.24, 2.45) is 0 Å². The Balaban J connectivity index is 2.10. The van der Waals surface area contributed by atoms with Crippen LogP contribution in [0.3, 0.4) is 0 Å². The van der Waals surface area contributed by atoms with Gasteiger partial charge in [-0.15, -0.1) is 0 Å². The average molecular weight is 256 g/mol. The molecule has 0 saturated carbocycles. The number of aryl methyl sites for hydroxylation is 1. The predicted octanol–water partition coefficient (Wildman–Crippen LogP) is 5.05. The summed E-state index contributed by atoms with van der Waals surface area (Å²) in [6.07, 6.45) is 2.93. The Morgan fingerprint density at radius 2 is 1.78 bits per heavy atom. The number of halogens is 1. The van der Waals surface area contributed by atoms with Gasteiger partial charge in [-0.3, -0.25) is 0 Å². The van der Waals surface area contributed by atoms with Gasteiger partial charge in [-0.05, 0) is 52.8 Å². The average Bonchev–Trinajstić information content (AvgIpc) is 2.85. The summed E-state index contributed by atoms with van der Waals surface area (Å²) in [4.78, 5) is 3.20. The molecule has 1 aromatic heterocycles. The van der Waals surface area contributed by atoms with E-state index in [1.165, 1.54) is 22.1 Å². The van der Waals surface area contributed by atoms with Crippen LogP contribution in [-0.2, 0) is 6.42 Å². The van der Waals surface area contributed by atoms with Gasteiger partial charge in [0.15, 0.2) is 0 Å². The number of H-pyrrole nitrogens is 1. The zero-order valence-corrected chi connectivity index (χ0v) is 11.0. The van der Waals surface area contributed by atoms with Crippen LogP contribution in [0.15, 0.2) is 48.7 Å². The smallest absolute Gasteiger partial charge is 0.0454 e. The first kappa shape index (κ1) is 11.4. The molecular formula is C16H14ClN. The summed E-state index contributed by atoms with van der Waals surface area (Å²) in [6.45, 7) is 2.12. The summed E-state index contributed by atoms with van der Waals surface area (Å²) in [7, 11) is 0. The Morgan fingerprint density at radius 1 is 1.00 bits per heavy atom. The normalized spacial score (nSPS) is 11.0. The van der Waals surface area contributed by atoms with Gasteiger partial charge < -0.3 is 4.98 Å². The van der Waals surface area contributed by atoms with Gasteiger partial charge >= 0.3 is 0 Å². The number of aromatic nitrogens is 1. The summed E-state index contributed by atoms with van der Waals surface area (Å²) < 4.78 is 0. The Kier molecular flexibility index (Phi) is 2.85. The molecule has 90 valence electrons. The lowest BCUT2D eigenvalue weighted by molar-refractivity contribution is 1.14. The van der Waals surface area contributed by atoms with Gasteiger partial charge in [-0.25, -0.2) is 0 Å². The molecule has 2 heteroatoms. The van der Waals surface area contributed by atoms with Crippen molar-refractivity contribution in [3.05, 3.63) is 59.2 Å². The molecule has 18 heavy (non-hydrogen) atoms. The van der Waals surface area contributed by atoms with E-state index in [1.54, 1.807) is 0 Å². The van der Waals surface area contributed by atoms with E-state index >= 15 is 0 Å². The molecule has 0 unspecified atom stereocenters. The number of rotatable bonds is 2. The molecule has 0 aliphatic carbocycles. The van der Waals surface area contributed by atoms with Crippen molar-refractivity contribution in [1.29, 1.82) is 0 Å². The van der Waals surface area contributed by atoms with Crippen molar-refractivity contribution in [3.63, 3.8) is 0 Å². The standard InChI is InChI=1S/C16H14ClN/c1-2-11-3-4-13(10-15(11)17)12-5-6-16-14(9-12)7-8-18-16/h3-10,18H,2H2,1H3. The number of hydrogen-bond donors (Lipinski definition) is 1. The fourth-order valence-electron chi connectivity index (χ4n) is 2.25. The van der Waals surface area contributed by atoms with Gasteiger partial charge in [0.25, 0.3) is 0 Å². The maximum atomic E-state index is 6.27. The van der Waals surface area contributed by atoms with Gasteiger partial charge in [0, 0.05) is 16.7 Å². The maximum absolute atomic E-state index is 6.27. The zero-order chi connectivity index (χ0) is 12.5. The Labute approximate surface area is 111 Å². The van der Waals surface area contributed by atoms with Crippen molar-refractivity contribution < 1.29 is 0 Å². The van der Waals surface area contributed by atoms with E-state index in [9.17, 15) is 0 Å². The number of aromatic amines is 1. The molecule has 0 saturated heterocycles. The van der Waals surface area contributed by atoms with Crippen LogP contribution in [0, 0.1) is 0 Å². The highest BCUT2D eigenvalue weighted by atomic mass is 35.5. The molecule has 0 amide bonds. The van der Waals surface area contributed by atoms with Crippen molar-refractivity contribution in [2.75, 3.05) is 0 Å². The summed E-state index contributed by atoms with van der Waals surface area (Å²) in [5.74, 6) is 0. The van der Waals surface area contributed by atoms with E-state index < -0.39 is 0 Å². The maximum Gasteiger partial charge on any atom is 0.0454 e. The minimum absolute atomic E-state index is 0.851. The molecule has 2 aromatic carbocycles. The third kappa shape index (κ3) is 1.91. The van der Waals surface area contributed by atoms with E-state index in [4.69, 9.17) is 11.6 Å². The van der Waals surface area contributed by atoms with E-state index in [-0.39, 0.29) is 0 Å². The lowest BCUT2D eigenvalue weighted by Gasteiger charge is -2.06. The number of hydrogen-bond acceptors (Lipinski definition) is 0. The van der Waals surface area contributed by atoms with Crippen molar-refractivity contribution in [1.82, 2.24) is 4.98 Å². The second kappa shape index (κ2) is 4.51. The number of nitrogens with one attached hydrogen (secondary N) is 1. The number of fused-ring (bicyclic) bond motifs is 1. The van der Waals surface area contributed by atoms with Crippen LogP contribution >= 0.6 is 11.6 Å². The molecule has 1 heterocycles. The minimum atomic E-state index is 0.851. The predicted molar refractivity (Wildman–Crippen MR) is 78.1 cm³/mol. The third-order valence-corrected chi connectivity index (χ3v) is 3.67. The summed E-state index contributed by atoms with van der Waals surface area (Å²) in [5, 5.41) is 2.08. The molecule has 3 aromatic rings. The largest absolute Gasteiger partial charge is 0.361 e. The Morgan fingerprint density at radius 3 is 2.56 bits per heavy atom. The Bertz CT molecular complexity index is 697. The van der Waals surface area contributed by atoms with Crippen molar-refractivity contribution in [2.45, 2.75) is 13.3 Å². The molecule has 0 atom stereocenters. The lowest BCUT2D eigenvalue weighted by Crippen LogP contribution is -1.84. The highest BCUT2D eigenvalue weighted by molar-refractivity contribution is 6.31. The monoisotopic (exact) mass is 255 g/mol. The molecule has 0 aliphatic rings. The fourth-order valence-corrected chi connectivity index (χ4v) is 2.56. The highest BCUT2D eigenvalue weighted by Gasteiger charge is 2.03. The Hall–Kier alpha value is -1.73. The third-order valence-electron chi connectivity index (χ3n) is 3.32. The molecule has 0 fully saturated rings. The first-order valence-corrected chi connectivity index (χ1v) is 6.51. The molecule has 0 spiro atoms. The van der Waals surface area contributed by atoms with Gasteiger partial charge in [-0.2, -0.15) is 0 Å². The first-order valence-electron chi connectivity index (χ1n) is 6.14. The molecule has 1 N–H and O–H groups in total. The molecule has 3 rings (SSSR count). The zero-order valence-electron chi connectivity index (χ0n) is 10.2.